The molecular weight excluding hydrogens is 440 g/mol. The lowest BCUT2D eigenvalue weighted by Crippen LogP contribution is -2.44. The van der Waals surface area contributed by atoms with Gasteiger partial charge in [-0.25, -0.2) is 4.68 Å². The summed E-state index contributed by atoms with van der Waals surface area (Å²) in [4.78, 5) is 28.1. The second-order valence-corrected chi connectivity index (χ2v) is 9.57. The third-order valence-corrected chi connectivity index (χ3v) is 6.38. The van der Waals surface area contributed by atoms with Gasteiger partial charge in [-0.3, -0.25) is 9.59 Å². The first kappa shape index (κ1) is 24.5. The summed E-state index contributed by atoms with van der Waals surface area (Å²) in [6.07, 6.45) is 2.91. The number of rotatable bonds is 9. The van der Waals surface area contributed by atoms with Crippen molar-refractivity contribution < 1.29 is 14.3 Å². The van der Waals surface area contributed by atoms with Crippen LogP contribution >= 0.6 is 0 Å². The van der Waals surface area contributed by atoms with Gasteiger partial charge in [0.25, 0.3) is 0 Å². The molecule has 184 valence electrons. The number of hydrogen-bond acceptors (Lipinski definition) is 4. The summed E-state index contributed by atoms with van der Waals surface area (Å²) >= 11 is 0. The van der Waals surface area contributed by atoms with E-state index in [0.29, 0.717) is 12.4 Å². The number of nitrogens with one attached hydrogen (secondary N) is 1. The molecule has 0 unspecified atom stereocenters. The maximum atomic E-state index is 13.3. The van der Waals surface area contributed by atoms with Crippen LogP contribution in [-0.2, 0) is 9.59 Å². The van der Waals surface area contributed by atoms with Gasteiger partial charge in [0.2, 0.25) is 11.8 Å². The molecule has 0 atom stereocenters. The Morgan fingerprint density at radius 2 is 1.80 bits per heavy atom. The van der Waals surface area contributed by atoms with Crippen LogP contribution in [-0.4, -0.2) is 46.7 Å². The second kappa shape index (κ2) is 10.8. The van der Waals surface area contributed by atoms with E-state index < -0.39 is 0 Å². The molecule has 0 spiro atoms. The number of hydrogen-bond donors (Lipinski definition) is 1. The van der Waals surface area contributed by atoms with Gasteiger partial charge < -0.3 is 15.0 Å². The van der Waals surface area contributed by atoms with Crippen molar-refractivity contribution in [3.63, 3.8) is 0 Å². The minimum absolute atomic E-state index is 0.0224. The topological polar surface area (TPSA) is 76.5 Å². The average molecular weight is 475 g/mol. The number of benzene rings is 2. The van der Waals surface area contributed by atoms with Crippen molar-refractivity contribution in [2.45, 2.75) is 40.0 Å². The highest BCUT2D eigenvalue weighted by molar-refractivity contribution is 5.98. The van der Waals surface area contributed by atoms with E-state index in [-0.39, 0.29) is 30.2 Å². The number of aromatic nitrogens is 2. The molecule has 1 fully saturated rings. The molecule has 7 nitrogen and oxygen atoms in total. The Labute approximate surface area is 207 Å². The Balaban J connectivity index is 1.67. The van der Waals surface area contributed by atoms with Gasteiger partial charge >= 0.3 is 0 Å². The van der Waals surface area contributed by atoms with Crippen LogP contribution in [0, 0.1) is 18.8 Å². The lowest BCUT2D eigenvalue weighted by atomic mass is 9.84. The van der Waals surface area contributed by atoms with Crippen LogP contribution in [0.1, 0.15) is 38.8 Å². The molecule has 1 aliphatic rings. The van der Waals surface area contributed by atoms with Crippen LogP contribution in [0.5, 0.6) is 5.75 Å². The fourth-order valence-electron chi connectivity index (χ4n) is 4.43. The van der Waals surface area contributed by atoms with E-state index in [2.05, 4.69) is 19.2 Å². The lowest BCUT2D eigenvalue weighted by molar-refractivity contribution is -0.141. The van der Waals surface area contributed by atoms with E-state index >= 15 is 0 Å². The van der Waals surface area contributed by atoms with Gasteiger partial charge in [-0.05, 0) is 55.5 Å². The van der Waals surface area contributed by atoms with Crippen molar-refractivity contribution in [2.75, 3.05) is 25.5 Å². The number of amides is 2. The van der Waals surface area contributed by atoms with Gasteiger partial charge in [-0.1, -0.05) is 50.6 Å². The number of nitrogens with zero attached hydrogens (tertiary/aromatic N) is 3. The molecule has 0 radical (unpaired) electrons. The first-order chi connectivity index (χ1) is 16.9. The van der Waals surface area contributed by atoms with Crippen LogP contribution in [0.25, 0.3) is 16.8 Å². The van der Waals surface area contributed by atoms with E-state index in [1.807, 2.05) is 61.5 Å². The summed E-state index contributed by atoms with van der Waals surface area (Å²) in [5.74, 6) is 1.51. The highest BCUT2D eigenvalue weighted by atomic mass is 16.5. The summed E-state index contributed by atoms with van der Waals surface area (Å²) in [6.45, 7) is 6.64. The van der Waals surface area contributed by atoms with Gasteiger partial charge in [-0.2, -0.15) is 5.10 Å². The van der Waals surface area contributed by atoms with E-state index in [0.717, 1.165) is 47.5 Å². The Hall–Kier alpha value is -3.61. The number of anilines is 1. The number of aryl methyl sites for hydroxylation is 1. The standard InChI is InChI=1S/C28H34N4O3/c1-19(2)17-31(28(34)22-11-8-12-22)18-25(33)29-27-26(21-9-6-5-7-10-21)20(3)30-32(27)23-13-15-24(35-4)16-14-23/h5-7,9-10,13-16,19,22H,8,11-12,17-18H2,1-4H3,(H,29,33). The van der Waals surface area contributed by atoms with Gasteiger partial charge in [0.1, 0.15) is 11.6 Å². The first-order valence-corrected chi connectivity index (χ1v) is 12.3. The molecule has 1 aliphatic carbocycles. The zero-order chi connectivity index (χ0) is 24.9. The van der Waals surface area contributed by atoms with Crippen LogP contribution < -0.4 is 10.1 Å². The third kappa shape index (κ3) is 5.56. The van der Waals surface area contributed by atoms with Crippen LogP contribution in [0.2, 0.25) is 0 Å². The molecule has 2 amide bonds. The van der Waals surface area contributed by atoms with E-state index in [1.54, 1.807) is 16.7 Å². The normalized spacial score (nSPS) is 13.4. The zero-order valence-electron chi connectivity index (χ0n) is 21.0. The fourth-order valence-corrected chi connectivity index (χ4v) is 4.43. The van der Waals surface area contributed by atoms with E-state index in [1.165, 1.54) is 0 Å². The molecule has 0 saturated heterocycles. The maximum Gasteiger partial charge on any atom is 0.245 e. The first-order valence-electron chi connectivity index (χ1n) is 12.3. The predicted molar refractivity (Wildman–Crippen MR) is 138 cm³/mol. The van der Waals surface area contributed by atoms with Gasteiger partial charge in [0.15, 0.2) is 0 Å². The quantitative estimate of drug-likeness (QED) is 0.469. The van der Waals surface area contributed by atoms with Crippen LogP contribution in [0.15, 0.2) is 54.6 Å². The van der Waals surface area contributed by atoms with Gasteiger partial charge in [0.05, 0.1) is 25.0 Å². The number of methoxy groups -OCH3 is 1. The predicted octanol–water partition coefficient (Wildman–Crippen LogP) is 5.08. The van der Waals surface area contributed by atoms with Crippen LogP contribution in [0.3, 0.4) is 0 Å². The number of carbonyl (C=O) groups is 2. The molecule has 0 bridgehead atoms. The molecular formula is C28H34N4O3. The molecule has 1 saturated carbocycles. The minimum Gasteiger partial charge on any atom is -0.497 e. The number of ether oxygens (including phenoxy) is 1. The van der Waals surface area contributed by atoms with Gasteiger partial charge in [0, 0.05) is 18.0 Å². The highest BCUT2D eigenvalue weighted by Crippen LogP contribution is 2.34. The summed E-state index contributed by atoms with van der Waals surface area (Å²) in [5.41, 5.74) is 3.42. The summed E-state index contributed by atoms with van der Waals surface area (Å²) in [6, 6.07) is 17.4. The lowest BCUT2D eigenvalue weighted by Gasteiger charge is -2.32. The Kier molecular flexibility index (Phi) is 7.54. The molecule has 4 rings (SSSR count). The third-order valence-electron chi connectivity index (χ3n) is 6.38. The highest BCUT2D eigenvalue weighted by Gasteiger charge is 2.31. The molecule has 7 heteroatoms. The van der Waals surface area contributed by atoms with Crippen molar-refractivity contribution in [1.29, 1.82) is 0 Å². The molecule has 2 aromatic carbocycles. The molecule has 0 aliphatic heterocycles. The number of carbonyl (C=O) groups excluding carboxylic acids is 2. The smallest absolute Gasteiger partial charge is 0.245 e. The van der Waals surface area contributed by atoms with E-state index in [4.69, 9.17) is 9.84 Å². The SMILES string of the molecule is COc1ccc(-n2nc(C)c(-c3ccccc3)c2NC(=O)CN(CC(C)C)C(=O)C2CCC2)cc1. The van der Waals surface area contributed by atoms with Crippen molar-refractivity contribution in [3.05, 3.63) is 60.3 Å². The molecule has 1 aromatic heterocycles. The van der Waals surface area contributed by atoms with Crippen LogP contribution in [0.4, 0.5) is 5.82 Å². The summed E-state index contributed by atoms with van der Waals surface area (Å²) in [7, 11) is 1.63. The zero-order valence-corrected chi connectivity index (χ0v) is 21.0. The molecule has 1 heterocycles. The van der Waals surface area contributed by atoms with Gasteiger partial charge in [-0.15, -0.1) is 0 Å². The largest absolute Gasteiger partial charge is 0.497 e. The summed E-state index contributed by atoms with van der Waals surface area (Å²) < 4.78 is 7.04. The Bertz CT molecular complexity index is 1160. The minimum atomic E-state index is -0.231. The van der Waals surface area contributed by atoms with Crippen molar-refractivity contribution in [3.8, 4) is 22.6 Å². The maximum absolute atomic E-state index is 13.3. The molecule has 35 heavy (non-hydrogen) atoms. The monoisotopic (exact) mass is 474 g/mol. The van der Waals surface area contributed by atoms with Crippen molar-refractivity contribution in [2.24, 2.45) is 11.8 Å². The fraction of sp³-hybridized carbons (Fsp3) is 0.393. The van der Waals surface area contributed by atoms with Crippen molar-refractivity contribution in [1.82, 2.24) is 14.7 Å². The summed E-state index contributed by atoms with van der Waals surface area (Å²) in [5, 5.41) is 7.86. The Morgan fingerprint density at radius 1 is 1.11 bits per heavy atom. The molecule has 1 N–H and O–H groups in total. The Morgan fingerprint density at radius 3 is 2.37 bits per heavy atom. The second-order valence-electron chi connectivity index (χ2n) is 9.57. The molecule has 3 aromatic rings. The van der Waals surface area contributed by atoms with E-state index in [9.17, 15) is 9.59 Å². The average Bonchev–Trinajstić information content (AvgIpc) is 3.13. The van der Waals surface area contributed by atoms with Crippen molar-refractivity contribution >= 4 is 17.6 Å².